The highest BCUT2D eigenvalue weighted by atomic mass is 16.5. The lowest BCUT2D eigenvalue weighted by atomic mass is 9.87. The topological polar surface area (TPSA) is 47.3 Å². The lowest BCUT2D eigenvalue weighted by molar-refractivity contribution is 0.328. The minimum Gasteiger partial charge on any atom is -0.496 e. The fraction of sp³-hybridized carbons (Fsp3) is 0.625. The first-order valence-electron chi connectivity index (χ1n) is 7.23. The second-order valence-electron chi connectivity index (χ2n) is 5.71. The maximum Gasteiger partial charge on any atom is 0.123 e. The molecule has 1 unspecified atom stereocenters. The number of nitrogens with two attached hydrogens (primary N) is 1. The minimum absolute atomic E-state index is 0.0809. The summed E-state index contributed by atoms with van der Waals surface area (Å²) >= 11 is 0. The summed E-state index contributed by atoms with van der Waals surface area (Å²) in [5.41, 5.74) is 10.1. The molecule has 1 saturated heterocycles. The van der Waals surface area contributed by atoms with Crippen LogP contribution in [0, 0.1) is 19.8 Å². The number of aryl methyl sites for hydroxylation is 2. The molecule has 0 bridgehead atoms. The van der Waals surface area contributed by atoms with E-state index < -0.39 is 0 Å². The van der Waals surface area contributed by atoms with Crippen molar-refractivity contribution in [3.8, 4) is 5.75 Å². The van der Waals surface area contributed by atoms with Gasteiger partial charge in [-0.1, -0.05) is 6.07 Å². The lowest BCUT2D eigenvalue weighted by Gasteiger charge is -2.26. The molecule has 0 aliphatic carbocycles. The second kappa shape index (κ2) is 6.40. The van der Waals surface area contributed by atoms with Gasteiger partial charge in [0.05, 0.1) is 7.11 Å². The Morgan fingerprint density at radius 3 is 2.53 bits per heavy atom. The molecule has 0 aromatic heterocycles. The lowest BCUT2D eigenvalue weighted by Crippen LogP contribution is -2.29. The fourth-order valence-electron chi connectivity index (χ4n) is 2.88. The molecule has 1 heterocycles. The molecule has 1 fully saturated rings. The third-order valence-corrected chi connectivity index (χ3v) is 4.29. The molecule has 0 saturated carbocycles. The zero-order valence-corrected chi connectivity index (χ0v) is 12.3. The van der Waals surface area contributed by atoms with Gasteiger partial charge in [-0.25, -0.2) is 0 Å². The number of ether oxygens (including phenoxy) is 1. The first-order valence-corrected chi connectivity index (χ1v) is 7.23. The number of nitrogens with one attached hydrogen (secondary N) is 1. The van der Waals surface area contributed by atoms with Crippen molar-refractivity contribution < 1.29 is 4.74 Å². The Kier molecular flexibility index (Phi) is 4.83. The molecule has 3 heteroatoms. The van der Waals surface area contributed by atoms with E-state index in [2.05, 4.69) is 31.3 Å². The normalized spacial score (nSPS) is 18.3. The predicted octanol–water partition coefficient (Wildman–Crippen LogP) is 2.70. The summed E-state index contributed by atoms with van der Waals surface area (Å²) in [5, 5.41) is 3.40. The maximum absolute atomic E-state index is 6.42. The van der Waals surface area contributed by atoms with Crippen LogP contribution in [0.5, 0.6) is 5.75 Å². The standard InChI is InChI=1S/C16H26N2O/c1-11-8-14(16(19-3)9-12(11)2)15(17)10-13-4-6-18-7-5-13/h8-9,13,15,18H,4-7,10,17H2,1-3H3. The molecule has 0 amide bonds. The monoisotopic (exact) mass is 262 g/mol. The number of hydrogen-bond acceptors (Lipinski definition) is 3. The van der Waals surface area contributed by atoms with Crippen LogP contribution in [0.4, 0.5) is 0 Å². The quantitative estimate of drug-likeness (QED) is 0.877. The minimum atomic E-state index is 0.0809. The van der Waals surface area contributed by atoms with Gasteiger partial charge in [0.1, 0.15) is 5.75 Å². The van der Waals surface area contributed by atoms with Crippen LogP contribution in [0.25, 0.3) is 0 Å². The van der Waals surface area contributed by atoms with Crippen LogP contribution in [-0.4, -0.2) is 20.2 Å². The van der Waals surface area contributed by atoms with Gasteiger partial charge in [0, 0.05) is 11.6 Å². The van der Waals surface area contributed by atoms with Crippen LogP contribution in [0.15, 0.2) is 12.1 Å². The van der Waals surface area contributed by atoms with Crippen molar-refractivity contribution >= 4 is 0 Å². The molecular formula is C16H26N2O. The zero-order chi connectivity index (χ0) is 13.8. The largest absolute Gasteiger partial charge is 0.496 e. The molecule has 2 rings (SSSR count). The molecule has 3 nitrogen and oxygen atoms in total. The smallest absolute Gasteiger partial charge is 0.123 e. The van der Waals surface area contributed by atoms with Gasteiger partial charge >= 0.3 is 0 Å². The maximum atomic E-state index is 6.42. The van der Waals surface area contributed by atoms with Crippen molar-refractivity contribution in [2.45, 2.75) is 39.2 Å². The van der Waals surface area contributed by atoms with E-state index in [0.717, 1.165) is 36.7 Å². The Bertz CT molecular complexity index is 425. The molecule has 1 atom stereocenters. The Morgan fingerprint density at radius 2 is 1.89 bits per heavy atom. The average molecular weight is 262 g/mol. The van der Waals surface area contributed by atoms with Crippen LogP contribution < -0.4 is 15.8 Å². The van der Waals surface area contributed by atoms with Crippen molar-refractivity contribution in [2.75, 3.05) is 20.2 Å². The fourth-order valence-corrected chi connectivity index (χ4v) is 2.88. The molecule has 3 N–H and O–H groups in total. The van der Waals surface area contributed by atoms with Gasteiger partial charge in [-0.15, -0.1) is 0 Å². The van der Waals surface area contributed by atoms with Gasteiger partial charge < -0.3 is 15.8 Å². The van der Waals surface area contributed by atoms with Crippen molar-refractivity contribution in [1.29, 1.82) is 0 Å². The molecule has 1 aromatic carbocycles. The van der Waals surface area contributed by atoms with Crippen molar-refractivity contribution in [2.24, 2.45) is 11.7 Å². The van der Waals surface area contributed by atoms with Crippen LogP contribution in [-0.2, 0) is 0 Å². The predicted molar refractivity (Wildman–Crippen MR) is 79.6 cm³/mol. The van der Waals surface area contributed by atoms with E-state index in [9.17, 15) is 0 Å². The summed E-state index contributed by atoms with van der Waals surface area (Å²) in [5.74, 6) is 1.67. The number of hydrogen-bond donors (Lipinski definition) is 2. The molecular weight excluding hydrogens is 236 g/mol. The third-order valence-electron chi connectivity index (χ3n) is 4.29. The van der Waals surface area contributed by atoms with Gasteiger partial charge in [0.2, 0.25) is 0 Å². The Labute approximate surface area is 116 Å². The van der Waals surface area contributed by atoms with E-state index in [1.807, 2.05) is 0 Å². The van der Waals surface area contributed by atoms with Gasteiger partial charge in [-0.2, -0.15) is 0 Å². The number of rotatable bonds is 4. The Morgan fingerprint density at radius 1 is 1.26 bits per heavy atom. The summed E-state index contributed by atoms with van der Waals surface area (Å²) in [6.45, 7) is 6.50. The van der Waals surface area contributed by atoms with Crippen LogP contribution in [0.3, 0.4) is 0 Å². The van der Waals surface area contributed by atoms with E-state index in [-0.39, 0.29) is 6.04 Å². The number of piperidine rings is 1. The van der Waals surface area contributed by atoms with Gasteiger partial charge in [0.25, 0.3) is 0 Å². The highest BCUT2D eigenvalue weighted by Crippen LogP contribution is 2.32. The first-order chi connectivity index (χ1) is 9.11. The summed E-state index contributed by atoms with van der Waals surface area (Å²) < 4.78 is 5.50. The highest BCUT2D eigenvalue weighted by Gasteiger charge is 2.20. The van der Waals surface area contributed by atoms with Gasteiger partial charge in [-0.3, -0.25) is 0 Å². The van der Waals surface area contributed by atoms with Crippen molar-refractivity contribution in [3.63, 3.8) is 0 Å². The molecule has 1 aliphatic rings. The molecule has 1 aromatic rings. The van der Waals surface area contributed by atoms with Crippen LogP contribution in [0.1, 0.15) is 42.0 Å². The first kappa shape index (κ1) is 14.4. The van der Waals surface area contributed by atoms with Crippen molar-refractivity contribution in [3.05, 3.63) is 28.8 Å². The zero-order valence-electron chi connectivity index (χ0n) is 12.3. The number of methoxy groups -OCH3 is 1. The van der Waals surface area contributed by atoms with E-state index >= 15 is 0 Å². The van der Waals surface area contributed by atoms with Crippen molar-refractivity contribution in [1.82, 2.24) is 5.32 Å². The molecule has 1 aliphatic heterocycles. The molecule has 106 valence electrons. The molecule has 19 heavy (non-hydrogen) atoms. The number of benzene rings is 1. The molecule has 0 spiro atoms. The average Bonchev–Trinajstić information content (AvgIpc) is 2.42. The summed E-state index contributed by atoms with van der Waals surface area (Å²) in [7, 11) is 1.73. The second-order valence-corrected chi connectivity index (χ2v) is 5.71. The highest BCUT2D eigenvalue weighted by molar-refractivity contribution is 5.43. The summed E-state index contributed by atoms with van der Waals surface area (Å²) in [6.07, 6.45) is 3.53. The van der Waals surface area contributed by atoms with Gasteiger partial charge in [-0.05, 0) is 69.3 Å². The summed E-state index contributed by atoms with van der Waals surface area (Å²) in [6, 6.07) is 4.38. The van der Waals surface area contributed by atoms with Crippen LogP contribution >= 0.6 is 0 Å². The van der Waals surface area contributed by atoms with E-state index in [0.29, 0.717) is 0 Å². The van der Waals surface area contributed by atoms with E-state index in [4.69, 9.17) is 10.5 Å². The SMILES string of the molecule is COc1cc(C)c(C)cc1C(N)CC1CCNCC1. The third kappa shape index (κ3) is 3.48. The van der Waals surface area contributed by atoms with E-state index in [1.165, 1.54) is 24.0 Å². The van der Waals surface area contributed by atoms with Gasteiger partial charge in [0.15, 0.2) is 0 Å². The Balaban J connectivity index is 2.13. The van der Waals surface area contributed by atoms with E-state index in [1.54, 1.807) is 7.11 Å². The summed E-state index contributed by atoms with van der Waals surface area (Å²) in [4.78, 5) is 0. The Hall–Kier alpha value is -1.06. The van der Waals surface area contributed by atoms with Crippen LogP contribution in [0.2, 0.25) is 0 Å². The molecule has 0 radical (unpaired) electrons.